The number of urea groups is 1. The maximum atomic E-state index is 13.1. The van der Waals surface area contributed by atoms with Gasteiger partial charge in [0.05, 0.1) is 12.3 Å². The van der Waals surface area contributed by atoms with Crippen molar-refractivity contribution >= 4 is 40.3 Å². The quantitative estimate of drug-likeness (QED) is 0.493. The first-order chi connectivity index (χ1) is 15.9. The minimum Gasteiger partial charge on any atom is -0.462 e. The number of benzene rings is 1. The zero-order valence-corrected chi connectivity index (χ0v) is 19.4. The summed E-state index contributed by atoms with van der Waals surface area (Å²) >= 11 is 0.991. The number of aromatic nitrogens is 1. The minimum atomic E-state index is -0.922. The van der Waals surface area contributed by atoms with Gasteiger partial charge in [0.1, 0.15) is 17.0 Å². The van der Waals surface area contributed by atoms with E-state index in [2.05, 4.69) is 15.6 Å². The van der Waals surface area contributed by atoms with Crippen LogP contribution in [0.2, 0.25) is 0 Å². The van der Waals surface area contributed by atoms with Gasteiger partial charge in [-0.05, 0) is 25.7 Å². The highest BCUT2D eigenvalue weighted by Crippen LogP contribution is 2.38. The number of esters is 1. The average molecular weight is 471 g/mol. The topological polar surface area (TPSA) is 118 Å². The van der Waals surface area contributed by atoms with Gasteiger partial charge in [-0.15, -0.1) is 0 Å². The van der Waals surface area contributed by atoms with E-state index in [9.17, 15) is 19.2 Å². The van der Waals surface area contributed by atoms with E-state index in [1.165, 1.54) is 0 Å². The lowest BCUT2D eigenvalue weighted by Crippen LogP contribution is -2.54. The van der Waals surface area contributed by atoms with Crippen LogP contribution in [0.5, 0.6) is 0 Å². The molecule has 10 heteroatoms. The third kappa shape index (κ3) is 4.35. The Bertz CT molecular complexity index is 1090. The molecular weight excluding hydrogens is 444 g/mol. The molecule has 2 N–H and O–H groups in total. The van der Waals surface area contributed by atoms with Gasteiger partial charge in [0.15, 0.2) is 5.13 Å². The van der Waals surface area contributed by atoms with E-state index in [-0.39, 0.29) is 28.4 Å². The van der Waals surface area contributed by atoms with Gasteiger partial charge in [-0.25, -0.2) is 14.6 Å². The van der Waals surface area contributed by atoms with Crippen molar-refractivity contribution in [2.75, 3.05) is 18.5 Å². The van der Waals surface area contributed by atoms with E-state index >= 15 is 0 Å². The molecule has 174 valence electrons. The molecule has 9 nitrogen and oxygen atoms in total. The van der Waals surface area contributed by atoms with Crippen LogP contribution in [0.4, 0.5) is 9.93 Å². The van der Waals surface area contributed by atoms with Crippen molar-refractivity contribution in [3.63, 3.8) is 0 Å². The molecule has 33 heavy (non-hydrogen) atoms. The van der Waals surface area contributed by atoms with Crippen LogP contribution in [-0.2, 0) is 14.3 Å². The molecule has 1 aromatic carbocycles. The predicted octanol–water partition coefficient (Wildman–Crippen LogP) is 3.43. The highest BCUT2D eigenvalue weighted by Gasteiger charge is 2.55. The molecule has 1 spiro atoms. The van der Waals surface area contributed by atoms with Gasteiger partial charge in [0.2, 0.25) is 5.91 Å². The third-order valence-electron chi connectivity index (χ3n) is 6.18. The van der Waals surface area contributed by atoms with E-state index in [1.807, 2.05) is 25.1 Å². The standard InChI is InChI=1S/C23H26N4O5S/c1-3-32-19(29)18-17(15-10-5-4-6-11-15)25-21(33-18)24-16(28)13-27-20(30)23(26-22(27)31)12-8-7-9-14(23)2/h4-6,10-11,14H,3,7-9,12-13H2,1-2H3,(H,26,31)(H,24,25,28). The van der Waals surface area contributed by atoms with E-state index in [0.717, 1.165) is 35.5 Å². The summed E-state index contributed by atoms with van der Waals surface area (Å²) in [5.74, 6) is -1.44. The Morgan fingerprint density at radius 1 is 1.27 bits per heavy atom. The Balaban J connectivity index is 1.51. The Morgan fingerprint density at radius 3 is 2.73 bits per heavy atom. The van der Waals surface area contributed by atoms with Crippen molar-refractivity contribution in [3.8, 4) is 11.3 Å². The van der Waals surface area contributed by atoms with E-state index in [0.29, 0.717) is 17.7 Å². The number of nitrogens with zero attached hydrogens (tertiary/aromatic N) is 2. The smallest absolute Gasteiger partial charge is 0.350 e. The van der Waals surface area contributed by atoms with Crippen molar-refractivity contribution in [2.24, 2.45) is 5.92 Å². The second-order valence-corrected chi connectivity index (χ2v) is 9.27. The summed E-state index contributed by atoms with van der Waals surface area (Å²) in [4.78, 5) is 56.4. The molecule has 1 aliphatic heterocycles. The van der Waals surface area contributed by atoms with Crippen LogP contribution in [0.25, 0.3) is 11.3 Å². The highest BCUT2D eigenvalue weighted by atomic mass is 32.1. The molecule has 1 saturated carbocycles. The number of hydrogen-bond donors (Lipinski definition) is 2. The number of carbonyl (C=O) groups excluding carboxylic acids is 4. The number of rotatable bonds is 6. The lowest BCUT2D eigenvalue weighted by Gasteiger charge is -2.36. The van der Waals surface area contributed by atoms with Crippen LogP contribution in [0, 0.1) is 5.92 Å². The average Bonchev–Trinajstić information content (AvgIpc) is 3.32. The molecule has 0 radical (unpaired) electrons. The molecule has 2 fully saturated rings. The Kier molecular flexibility index (Phi) is 6.46. The van der Waals surface area contributed by atoms with E-state index < -0.39 is 30.0 Å². The SMILES string of the molecule is CCOC(=O)c1sc(NC(=O)CN2C(=O)NC3(CCCCC3C)C2=O)nc1-c1ccccc1. The molecule has 2 aliphatic rings. The normalized spacial score (nSPS) is 22.4. The molecule has 4 rings (SSSR count). The van der Waals surface area contributed by atoms with Gasteiger partial charge in [0, 0.05) is 5.56 Å². The maximum Gasteiger partial charge on any atom is 0.350 e. The minimum absolute atomic E-state index is 0.00953. The zero-order chi connectivity index (χ0) is 23.6. The molecule has 1 aliphatic carbocycles. The number of amides is 4. The van der Waals surface area contributed by atoms with Crippen LogP contribution in [0.15, 0.2) is 30.3 Å². The molecule has 2 unspecified atom stereocenters. The largest absolute Gasteiger partial charge is 0.462 e. The summed E-state index contributed by atoms with van der Waals surface area (Å²) in [7, 11) is 0. The van der Waals surface area contributed by atoms with Crippen LogP contribution >= 0.6 is 11.3 Å². The Morgan fingerprint density at radius 2 is 2.03 bits per heavy atom. The van der Waals surface area contributed by atoms with Crippen molar-refractivity contribution in [1.29, 1.82) is 0 Å². The predicted molar refractivity (Wildman–Crippen MR) is 123 cm³/mol. The van der Waals surface area contributed by atoms with Crippen molar-refractivity contribution in [2.45, 2.75) is 45.1 Å². The highest BCUT2D eigenvalue weighted by molar-refractivity contribution is 7.18. The molecule has 1 aromatic heterocycles. The summed E-state index contributed by atoms with van der Waals surface area (Å²) < 4.78 is 5.13. The summed E-state index contributed by atoms with van der Waals surface area (Å²) in [6.07, 6.45) is 3.30. The molecule has 1 saturated heterocycles. The molecule has 0 bridgehead atoms. The molecule has 2 aromatic rings. The molecular formula is C23H26N4O5S. The number of thiazole rings is 1. The van der Waals surface area contributed by atoms with Crippen LogP contribution in [0.1, 0.15) is 49.2 Å². The first-order valence-electron chi connectivity index (χ1n) is 11.0. The second kappa shape index (κ2) is 9.30. The van der Waals surface area contributed by atoms with Crippen molar-refractivity contribution in [3.05, 3.63) is 35.2 Å². The maximum absolute atomic E-state index is 13.1. The van der Waals surface area contributed by atoms with Gasteiger partial charge in [0.25, 0.3) is 5.91 Å². The number of nitrogens with one attached hydrogen (secondary N) is 2. The van der Waals surface area contributed by atoms with Gasteiger partial charge in [-0.2, -0.15) is 0 Å². The summed E-state index contributed by atoms with van der Waals surface area (Å²) in [5, 5.41) is 5.65. The molecule has 4 amide bonds. The zero-order valence-electron chi connectivity index (χ0n) is 18.6. The Labute approximate surface area is 195 Å². The molecule has 2 atom stereocenters. The number of anilines is 1. The fourth-order valence-electron chi connectivity index (χ4n) is 4.44. The molecule has 2 heterocycles. The van der Waals surface area contributed by atoms with Crippen LogP contribution in [0.3, 0.4) is 0 Å². The fourth-order valence-corrected chi connectivity index (χ4v) is 5.34. The van der Waals surface area contributed by atoms with Gasteiger partial charge < -0.3 is 15.4 Å². The van der Waals surface area contributed by atoms with E-state index in [4.69, 9.17) is 4.74 Å². The number of imide groups is 1. The Hall–Kier alpha value is -3.27. The summed E-state index contributed by atoms with van der Waals surface area (Å²) in [6, 6.07) is 8.55. The summed E-state index contributed by atoms with van der Waals surface area (Å²) in [5.41, 5.74) is 0.188. The van der Waals surface area contributed by atoms with Gasteiger partial charge in [-0.1, -0.05) is 61.4 Å². The second-order valence-electron chi connectivity index (χ2n) is 8.27. The first-order valence-corrected chi connectivity index (χ1v) is 11.8. The number of carbonyl (C=O) groups is 4. The van der Waals surface area contributed by atoms with Crippen molar-refractivity contribution < 1.29 is 23.9 Å². The monoisotopic (exact) mass is 470 g/mol. The van der Waals surface area contributed by atoms with Crippen molar-refractivity contribution in [1.82, 2.24) is 15.2 Å². The van der Waals surface area contributed by atoms with Crippen LogP contribution < -0.4 is 10.6 Å². The third-order valence-corrected chi connectivity index (χ3v) is 7.14. The van der Waals surface area contributed by atoms with Gasteiger partial charge in [-0.3, -0.25) is 14.5 Å². The first kappa shape index (κ1) is 22.9. The fraction of sp³-hybridized carbons (Fsp3) is 0.435. The van der Waals surface area contributed by atoms with Crippen LogP contribution in [-0.4, -0.2) is 52.4 Å². The number of ether oxygens (including phenoxy) is 1. The number of hydrogen-bond acceptors (Lipinski definition) is 7. The summed E-state index contributed by atoms with van der Waals surface area (Å²) in [6.45, 7) is 3.45. The van der Waals surface area contributed by atoms with Gasteiger partial charge >= 0.3 is 12.0 Å². The lowest BCUT2D eigenvalue weighted by molar-refractivity contribution is -0.136. The lowest BCUT2D eigenvalue weighted by atomic mass is 9.73. The van der Waals surface area contributed by atoms with E-state index in [1.54, 1.807) is 19.1 Å².